The second-order valence-corrected chi connectivity index (χ2v) is 6.86. The lowest BCUT2D eigenvalue weighted by atomic mass is 9.95. The average Bonchev–Trinajstić information content (AvgIpc) is 3.26. The maximum absolute atomic E-state index is 15.0. The summed E-state index contributed by atoms with van der Waals surface area (Å²) in [5.74, 6) is 0. The van der Waals surface area contributed by atoms with Gasteiger partial charge in [0.05, 0.1) is 5.69 Å². The summed E-state index contributed by atoms with van der Waals surface area (Å²) < 4.78 is 15.0. The second-order valence-electron chi connectivity index (χ2n) is 6.00. The lowest BCUT2D eigenvalue weighted by molar-refractivity contribution is 0.0857. The van der Waals surface area contributed by atoms with Crippen LogP contribution in [-0.2, 0) is 10.5 Å². The predicted octanol–water partition coefficient (Wildman–Crippen LogP) is 3.98. The van der Waals surface area contributed by atoms with Gasteiger partial charge in [0.15, 0.2) is 11.8 Å². The van der Waals surface area contributed by atoms with Gasteiger partial charge in [0.25, 0.3) is 0 Å². The molecule has 1 N–H and O–H groups in total. The van der Waals surface area contributed by atoms with Crippen LogP contribution < -0.4 is 5.32 Å². The van der Waals surface area contributed by atoms with Gasteiger partial charge in [0.2, 0.25) is 0 Å². The van der Waals surface area contributed by atoms with Gasteiger partial charge in [-0.05, 0) is 18.7 Å². The normalized spacial score (nSPS) is 22.4. The third kappa shape index (κ3) is 3.31. The Hall–Kier alpha value is -1.50. The maximum atomic E-state index is 15.0. The summed E-state index contributed by atoms with van der Waals surface area (Å²) in [7, 11) is 0. The molecule has 2 aromatic rings. The molecule has 0 saturated carbocycles. The van der Waals surface area contributed by atoms with Crippen LogP contribution in [0.5, 0.6) is 0 Å². The van der Waals surface area contributed by atoms with E-state index in [4.69, 9.17) is 4.84 Å². The Kier molecular flexibility index (Phi) is 5.18. The van der Waals surface area contributed by atoms with Crippen LogP contribution in [0.3, 0.4) is 0 Å². The van der Waals surface area contributed by atoms with E-state index in [1.807, 2.05) is 35.7 Å². The van der Waals surface area contributed by atoms with Gasteiger partial charge >= 0.3 is 0 Å². The summed E-state index contributed by atoms with van der Waals surface area (Å²) in [6, 6.07) is 10.0. The lowest BCUT2D eigenvalue weighted by Crippen LogP contribution is -2.36. The topological polar surface area (TPSA) is 46.5 Å². The molecular weight excluding hydrogens is 349 g/mol. The van der Waals surface area contributed by atoms with Crippen LogP contribution in [0.25, 0.3) is 0 Å². The Morgan fingerprint density at radius 2 is 1.96 bits per heavy atom. The predicted molar refractivity (Wildman–Crippen MR) is 95.7 cm³/mol. The zero-order valence-corrected chi connectivity index (χ0v) is 14.7. The van der Waals surface area contributed by atoms with Crippen LogP contribution in [0.1, 0.15) is 41.6 Å². The molecule has 2 aliphatic rings. The van der Waals surface area contributed by atoms with Crippen molar-refractivity contribution in [1.82, 2.24) is 10.3 Å². The van der Waals surface area contributed by atoms with Crippen LogP contribution in [0.4, 0.5) is 4.39 Å². The third-order valence-corrected chi connectivity index (χ3v) is 5.44. The van der Waals surface area contributed by atoms with Crippen molar-refractivity contribution in [2.45, 2.75) is 31.0 Å². The number of rotatable bonds is 3. The van der Waals surface area contributed by atoms with E-state index < -0.39 is 5.67 Å². The van der Waals surface area contributed by atoms with Crippen molar-refractivity contribution in [3.05, 3.63) is 52.0 Å². The van der Waals surface area contributed by atoms with Crippen molar-refractivity contribution in [2.75, 3.05) is 13.1 Å². The van der Waals surface area contributed by atoms with Crippen LogP contribution in [0.15, 0.2) is 40.9 Å². The van der Waals surface area contributed by atoms with Crippen molar-refractivity contribution in [2.24, 2.45) is 5.16 Å². The highest BCUT2D eigenvalue weighted by molar-refractivity contribution is 7.10. The fourth-order valence-electron chi connectivity index (χ4n) is 3.02. The van der Waals surface area contributed by atoms with Gasteiger partial charge in [0, 0.05) is 24.6 Å². The number of hydrogen-bond acceptors (Lipinski definition) is 5. The molecule has 4 nitrogen and oxygen atoms in total. The number of hydrogen-bond donors (Lipinski definition) is 1. The molecule has 1 aromatic carbocycles. The van der Waals surface area contributed by atoms with Crippen molar-refractivity contribution >= 4 is 29.5 Å². The first-order chi connectivity index (χ1) is 11.2. The minimum Gasteiger partial charge on any atom is -0.387 e. The van der Waals surface area contributed by atoms with E-state index in [0.717, 1.165) is 17.0 Å². The second kappa shape index (κ2) is 7.17. The highest BCUT2D eigenvalue weighted by atomic mass is 35.5. The van der Waals surface area contributed by atoms with Crippen LogP contribution in [0, 0.1) is 0 Å². The van der Waals surface area contributed by atoms with Crippen LogP contribution in [0.2, 0.25) is 0 Å². The highest BCUT2D eigenvalue weighted by Gasteiger charge is 2.37. The summed E-state index contributed by atoms with van der Waals surface area (Å²) in [6.45, 7) is 1.40. The number of oxime groups is 1. The molecule has 0 bridgehead atoms. The number of halogens is 2. The minimum absolute atomic E-state index is 0. The van der Waals surface area contributed by atoms with E-state index in [1.54, 1.807) is 0 Å². The van der Waals surface area contributed by atoms with E-state index >= 15 is 0 Å². The Balaban J connectivity index is 0.00000169. The molecule has 3 heterocycles. The van der Waals surface area contributed by atoms with Gasteiger partial charge in [-0.1, -0.05) is 35.5 Å². The fraction of sp³-hybridized carbons (Fsp3) is 0.412. The standard InChI is InChI=1S/C17H18FN3OS.ClH/c18-17(6-8-19-9-7-17)16-20-14(11-23-16)13-10-15(22-21-13)12-4-2-1-3-5-12;/h1-5,11,15,19H,6-10H2;1H. The van der Waals surface area contributed by atoms with Gasteiger partial charge in [-0.3, -0.25) is 0 Å². The monoisotopic (exact) mass is 367 g/mol. The molecule has 0 amide bonds. The molecule has 1 saturated heterocycles. The molecule has 1 fully saturated rings. The first-order valence-corrected chi connectivity index (χ1v) is 8.76. The van der Waals surface area contributed by atoms with Crippen LogP contribution in [-0.4, -0.2) is 23.8 Å². The molecule has 1 atom stereocenters. The smallest absolute Gasteiger partial charge is 0.164 e. The Morgan fingerprint density at radius 1 is 1.21 bits per heavy atom. The van der Waals surface area contributed by atoms with Gasteiger partial charge < -0.3 is 10.2 Å². The Bertz CT molecular complexity index is 716. The third-order valence-electron chi connectivity index (χ3n) is 4.42. The van der Waals surface area contributed by atoms with Crippen LogP contribution >= 0.6 is 23.7 Å². The SMILES string of the molecule is Cl.FC1(c2nc(C3=NOC(c4ccccc4)C3)cs2)CCNCC1. The lowest BCUT2D eigenvalue weighted by Gasteiger charge is -2.27. The van der Waals surface area contributed by atoms with Crippen molar-refractivity contribution in [3.8, 4) is 0 Å². The highest BCUT2D eigenvalue weighted by Crippen LogP contribution is 2.38. The molecule has 1 unspecified atom stereocenters. The first-order valence-electron chi connectivity index (χ1n) is 7.88. The number of thiazole rings is 1. The number of nitrogens with one attached hydrogen (secondary N) is 1. The van der Waals surface area contributed by atoms with E-state index in [9.17, 15) is 4.39 Å². The number of nitrogens with zero attached hydrogens (tertiary/aromatic N) is 2. The molecule has 24 heavy (non-hydrogen) atoms. The van der Waals surface area contributed by atoms with E-state index in [0.29, 0.717) is 37.4 Å². The van der Waals surface area contributed by atoms with Crippen molar-refractivity contribution in [3.63, 3.8) is 0 Å². The number of piperidine rings is 1. The molecule has 2 aliphatic heterocycles. The van der Waals surface area contributed by atoms with E-state index in [1.165, 1.54) is 11.3 Å². The Morgan fingerprint density at radius 3 is 2.71 bits per heavy atom. The van der Waals surface area contributed by atoms with Crippen molar-refractivity contribution < 1.29 is 9.23 Å². The van der Waals surface area contributed by atoms with Gasteiger partial charge in [-0.15, -0.1) is 23.7 Å². The largest absolute Gasteiger partial charge is 0.387 e. The fourth-order valence-corrected chi connectivity index (χ4v) is 4.00. The molecule has 4 rings (SSSR count). The van der Waals surface area contributed by atoms with E-state index in [2.05, 4.69) is 15.5 Å². The zero-order chi connectivity index (χ0) is 15.7. The quantitative estimate of drug-likeness (QED) is 0.892. The van der Waals surface area contributed by atoms with Crippen molar-refractivity contribution in [1.29, 1.82) is 0 Å². The number of aromatic nitrogens is 1. The Labute approximate surface area is 150 Å². The summed E-state index contributed by atoms with van der Waals surface area (Å²) in [6.07, 6.45) is 1.56. The van der Waals surface area contributed by atoms with Gasteiger partial charge in [-0.25, -0.2) is 9.37 Å². The molecule has 1 aromatic heterocycles. The van der Waals surface area contributed by atoms with E-state index in [-0.39, 0.29) is 18.5 Å². The first kappa shape index (κ1) is 17.3. The summed E-state index contributed by atoms with van der Waals surface area (Å²) in [4.78, 5) is 10.1. The molecular formula is C17H19ClFN3OS. The molecule has 0 aliphatic carbocycles. The maximum Gasteiger partial charge on any atom is 0.164 e. The van der Waals surface area contributed by atoms with Gasteiger partial charge in [0.1, 0.15) is 10.7 Å². The summed E-state index contributed by atoms with van der Waals surface area (Å²) in [5, 5.41) is 9.83. The molecule has 128 valence electrons. The minimum atomic E-state index is -1.30. The summed E-state index contributed by atoms with van der Waals surface area (Å²) in [5.41, 5.74) is 1.35. The van der Waals surface area contributed by atoms with Gasteiger partial charge in [-0.2, -0.15) is 0 Å². The molecule has 0 radical (unpaired) electrons. The molecule has 0 spiro atoms. The molecule has 7 heteroatoms. The summed E-state index contributed by atoms with van der Waals surface area (Å²) >= 11 is 1.39. The zero-order valence-electron chi connectivity index (χ0n) is 13.1. The number of alkyl halides is 1. The number of benzene rings is 1. The average molecular weight is 368 g/mol.